The molecule has 2 nitrogen and oxygen atoms in total. The standard InChI is InChI=1S/C64H44N2Si/c1-5-21-45(22-6-1)61-62(46-23-7-2-8-24-46)64(48-39-43-50(44-40-48)66-59-35-19-15-31-55(59)56-32-16-20-36-60(56)66)67(51-25-9-3-10-26-51,52-27-11-4-12-28-52)63(61)47-37-41-49(42-38-47)65-57-33-17-13-29-53(57)54-30-14-18-34-58(54)65/h1-44H/q-1. The third kappa shape index (κ3) is 6.02. The van der Waals surface area contributed by atoms with Crippen LogP contribution in [-0.4, -0.2) is 17.2 Å². The Morgan fingerprint density at radius 1 is 0.224 bits per heavy atom. The highest BCUT2D eigenvalue weighted by Gasteiger charge is 2.42. The molecule has 0 radical (unpaired) electrons. The number of aromatic nitrogens is 2. The van der Waals surface area contributed by atoms with Crippen molar-refractivity contribution >= 4 is 83.6 Å². The second-order valence-corrected chi connectivity index (χ2v) is 21.2. The largest absolute Gasteiger partial charge is 0.309 e. The van der Waals surface area contributed by atoms with E-state index in [-0.39, 0.29) is 0 Å². The van der Waals surface area contributed by atoms with Crippen molar-refractivity contribution in [2.24, 2.45) is 0 Å². The first-order chi connectivity index (χ1) is 33.3. The van der Waals surface area contributed by atoms with Crippen molar-refractivity contribution in [1.82, 2.24) is 9.13 Å². The van der Waals surface area contributed by atoms with Gasteiger partial charge in [-0.3, -0.25) is 0 Å². The lowest BCUT2D eigenvalue weighted by Gasteiger charge is -2.48. The molecule has 10 aromatic carbocycles. The lowest BCUT2D eigenvalue weighted by molar-refractivity contribution is 1.18. The molecule has 0 saturated heterocycles. The van der Waals surface area contributed by atoms with Crippen LogP contribution in [0.4, 0.5) is 0 Å². The molecule has 0 atom stereocenters. The average molecular weight is 869 g/mol. The first kappa shape index (κ1) is 38.9. The fourth-order valence-corrected chi connectivity index (χ4v) is 16.9. The highest BCUT2D eigenvalue weighted by molar-refractivity contribution is 7.29. The fourth-order valence-electron chi connectivity index (χ4n) is 11.3. The predicted molar refractivity (Wildman–Crippen MR) is 286 cm³/mol. The number of fused-ring (bicyclic) bond motifs is 6. The molecular formula is C64H44N2Si-. The monoisotopic (exact) mass is 868 g/mol. The van der Waals surface area contributed by atoms with Gasteiger partial charge < -0.3 is 9.13 Å². The highest BCUT2D eigenvalue weighted by Crippen LogP contribution is 2.55. The van der Waals surface area contributed by atoms with E-state index in [1.807, 2.05) is 0 Å². The molecule has 1 aliphatic heterocycles. The lowest BCUT2D eigenvalue weighted by atomic mass is 9.89. The molecule has 13 rings (SSSR count). The van der Waals surface area contributed by atoms with Gasteiger partial charge in [0.2, 0.25) is 0 Å². The molecule has 1 aliphatic rings. The minimum atomic E-state index is -3.21. The predicted octanol–water partition coefficient (Wildman–Crippen LogP) is 14.8. The van der Waals surface area contributed by atoms with E-state index in [2.05, 4.69) is 276 Å². The van der Waals surface area contributed by atoms with Crippen molar-refractivity contribution in [2.45, 2.75) is 0 Å². The van der Waals surface area contributed by atoms with Crippen LogP contribution < -0.4 is 10.4 Å². The van der Waals surface area contributed by atoms with Gasteiger partial charge in [-0.2, -0.15) is 20.8 Å². The number of nitrogens with zero attached hydrogens (tertiary/aromatic N) is 2. The molecule has 0 spiro atoms. The molecule has 3 heterocycles. The van der Waals surface area contributed by atoms with Gasteiger partial charge in [-0.05, 0) is 78.9 Å². The molecule has 3 heteroatoms. The van der Waals surface area contributed by atoms with Crippen LogP contribution in [0.25, 0.3) is 76.5 Å². The Kier molecular flexibility index (Phi) is 9.22. The van der Waals surface area contributed by atoms with Crippen LogP contribution in [0.1, 0.15) is 22.3 Å². The van der Waals surface area contributed by atoms with Crippen molar-refractivity contribution in [3.63, 3.8) is 0 Å². The van der Waals surface area contributed by atoms with Gasteiger partial charge in [0.1, 0.15) is 0 Å². The number of allylic oxidation sites excluding steroid dienone is 2. The summed E-state index contributed by atoms with van der Waals surface area (Å²) in [4.78, 5) is 0. The summed E-state index contributed by atoms with van der Waals surface area (Å²) in [5, 5.41) is 10.5. The van der Waals surface area contributed by atoms with E-state index >= 15 is 0 Å². The molecule has 0 unspecified atom stereocenters. The molecule has 67 heavy (non-hydrogen) atoms. The van der Waals surface area contributed by atoms with Crippen molar-refractivity contribution in [2.75, 3.05) is 0 Å². The minimum Gasteiger partial charge on any atom is -0.309 e. The Bertz CT molecular complexity index is 3500. The van der Waals surface area contributed by atoms with Gasteiger partial charge >= 0.3 is 0 Å². The number of para-hydroxylation sites is 4. The molecule has 0 amide bonds. The van der Waals surface area contributed by atoms with Crippen LogP contribution in [-0.2, 0) is 0 Å². The summed E-state index contributed by atoms with van der Waals surface area (Å²) in [5.41, 5.74) is 14.6. The molecule has 0 saturated carbocycles. The lowest BCUT2D eigenvalue weighted by Crippen LogP contribution is -2.59. The first-order valence-corrected chi connectivity index (χ1v) is 25.2. The van der Waals surface area contributed by atoms with Crippen LogP contribution in [0.2, 0.25) is 0 Å². The van der Waals surface area contributed by atoms with Crippen molar-refractivity contribution in [3.05, 3.63) is 289 Å². The van der Waals surface area contributed by atoms with E-state index in [0.29, 0.717) is 0 Å². The fraction of sp³-hybridized carbons (Fsp3) is 0. The van der Waals surface area contributed by atoms with Gasteiger partial charge in [0.05, 0.1) is 22.1 Å². The summed E-state index contributed by atoms with van der Waals surface area (Å²) in [5.74, 6) is 0. The zero-order valence-electron chi connectivity index (χ0n) is 36.8. The molecule has 0 N–H and O–H groups in total. The van der Waals surface area contributed by atoms with E-state index in [9.17, 15) is 0 Å². The highest BCUT2D eigenvalue weighted by atomic mass is 28.3. The van der Waals surface area contributed by atoms with Crippen LogP contribution in [0.3, 0.4) is 0 Å². The summed E-state index contributed by atoms with van der Waals surface area (Å²) in [6, 6.07) is 99.3. The number of rotatable bonds is 8. The Morgan fingerprint density at radius 3 is 0.806 bits per heavy atom. The van der Waals surface area contributed by atoms with Crippen LogP contribution in [0, 0.1) is 0 Å². The van der Waals surface area contributed by atoms with Gasteiger partial charge in [0.25, 0.3) is 0 Å². The van der Waals surface area contributed by atoms with Crippen molar-refractivity contribution in [1.29, 1.82) is 0 Å². The van der Waals surface area contributed by atoms with Crippen LogP contribution in [0.15, 0.2) is 267 Å². The van der Waals surface area contributed by atoms with Crippen LogP contribution in [0.5, 0.6) is 0 Å². The van der Waals surface area contributed by atoms with Gasteiger partial charge in [-0.1, -0.05) is 230 Å². The van der Waals surface area contributed by atoms with E-state index in [1.165, 1.54) is 97.8 Å². The van der Waals surface area contributed by atoms with Crippen molar-refractivity contribution < 1.29 is 0 Å². The van der Waals surface area contributed by atoms with Crippen molar-refractivity contribution in [3.8, 4) is 11.4 Å². The van der Waals surface area contributed by atoms with Gasteiger partial charge in [-0.25, -0.2) is 0 Å². The second kappa shape index (κ2) is 15.9. The average Bonchev–Trinajstić information content (AvgIpc) is 4.05. The molecule has 0 aliphatic carbocycles. The molecule has 12 aromatic rings. The Hall–Kier alpha value is -8.50. The topological polar surface area (TPSA) is 9.86 Å². The van der Waals surface area contributed by atoms with E-state index in [1.54, 1.807) is 0 Å². The first-order valence-electron chi connectivity index (χ1n) is 23.2. The SMILES string of the molecule is c1ccc(C2=C(c3ccc(-n4c5ccccc5c5ccccc54)cc3)[Si-](c3ccccc3)(c3ccccc3)C(c3ccc(-n4c5ccccc5c5ccccc54)cc3)=C2c2ccccc2)cc1. The third-order valence-corrected chi connectivity index (χ3v) is 19.0. The summed E-state index contributed by atoms with van der Waals surface area (Å²) in [7, 11) is -3.21. The molecule has 315 valence electrons. The Morgan fingerprint density at radius 2 is 0.493 bits per heavy atom. The quantitative estimate of drug-likeness (QED) is 0.135. The summed E-state index contributed by atoms with van der Waals surface area (Å²) >= 11 is 0. The maximum Gasteiger partial charge on any atom is 0.0541 e. The zero-order valence-corrected chi connectivity index (χ0v) is 37.8. The van der Waals surface area contributed by atoms with Gasteiger partial charge in [-0.15, -0.1) is 0 Å². The maximum atomic E-state index is 2.42. The van der Waals surface area contributed by atoms with Crippen LogP contribution >= 0.6 is 0 Å². The molecule has 2 aromatic heterocycles. The van der Waals surface area contributed by atoms with E-state index in [0.717, 1.165) is 11.4 Å². The minimum absolute atomic E-state index is 1.14. The summed E-state index contributed by atoms with van der Waals surface area (Å²) < 4.78 is 4.85. The molecule has 0 fully saturated rings. The van der Waals surface area contributed by atoms with Gasteiger partial charge in [0.15, 0.2) is 0 Å². The zero-order chi connectivity index (χ0) is 44.3. The Balaban J connectivity index is 1.12. The molecule has 0 bridgehead atoms. The van der Waals surface area contributed by atoms with E-state index in [4.69, 9.17) is 0 Å². The second-order valence-electron chi connectivity index (χ2n) is 17.5. The maximum absolute atomic E-state index is 3.21. The smallest absolute Gasteiger partial charge is 0.0541 e. The van der Waals surface area contributed by atoms with E-state index < -0.39 is 8.07 Å². The Labute approximate surface area is 391 Å². The molecular weight excluding hydrogens is 825 g/mol. The number of benzene rings is 10. The number of hydrogen-bond donors (Lipinski definition) is 0. The third-order valence-electron chi connectivity index (χ3n) is 14.0. The normalized spacial score (nSPS) is 13.7. The number of hydrogen-bond acceptors (Lipinski definition) is 0. The summed E-state index contributed by atoms with van der Waals surface area (Å²) in [6.07, 6.45) is 0. The van der Waals surface area contributed by atoms with Gasteiger partial charge in [0, 0.05) is 32.9 Å². The summed E-state index contributed by atoms with van der Waals surface area (Å²) in [6.45, 7) is 0.